The Balaban J connectivity index is 2.00. The highest BCUT2D eigenvalue weighted by Crippen LogP contribution is 2.13. The Morgan fingerprint density at radius 1 is 0.923 bits per heavy atom. The van der Waals surface area contributed by atoms with E-state index in [4.69, 9.17) is 4.74 Å². The number of nitrogens with one attached hydrogen (secondary N) is 1. The Kier molecular flexibility index (Phi) is 6.21. The van der Waals surface area contributed by atoms with Gasteiger partial charge in [0.15, 0.2) is 12.4 Å². The number of rotatable bonds is 6. The maximum atomic E-state index is 12.1. The lowest BCUT2D eigenvalue weighted by atomic mass is 10.1. The summed E-state index contributed by atoms with van der Waals surface area (Å²) >= 11 is 0. The summed E-state index contributed by atoms with van der Waals surface area (Å²) in [5, 5.41) is 2.53. The van der Waals surface area contributed by atoms with Crippen LogP contribution in [-0.4, -0.2) is 37.3 Å². The molecule has 0 saturated heterocycles. The molecule has 0 aliphatic rings. The normalized spacial score (nSPS) is 9.92. The average molecular weight is 355 g/mol. The van der Waals surface area contributed by atoms with Crippen LogP contribution < -0.4 is 5.32 Å². The molecule has 0 heterocycles. The van der Waals surface area contributed by atoms with E-state index < -0.39 is 24.5 Å². The van der Waals surface area contributed by atoms with Crippen molar-refractivity contribution in [2.24, 2.45) is 0 Å². The predicted octanol–water partition coefficient (Wildman–Crippen LogP) is 2.47. The van der Waals surface area contributed by atoms with E-state index in [9.17, 15) is 19.2 Å². The number of methoxy groups -OCH3 is 1. The third kappa shape index (κ3) is 4.76. The van der Waals surface area contributed by atoms with Crippen molar-refractivity contribution in [1.82, 2.24) is 0 Å². The molecule has 7 nitrogen and oxygen atoms in total. The Labute approximate surface area is 149 Å². The van der Waals surface area contributed by atoms with Crippen molar-refractivity contribution in [3.63, 3.8) is 0 Å². The van der Waals surface area contributed by atoms with E-state index in [0.717, 1.165) is 0 Å². The number of hydrogen-bond donors (Lipinski definition) is 1. The van der Waals surface area contributed by atoms with Crippen molar-refractivity contribution in [2.75, 3.05) is 19.0 Å². The highest BCUT2D eigenvalue weighted by molar-refractivity contribution is 6.04. The predicted molar refractivity (Wildman–Crippen MR) is 93.1 cm³/mol. The number of esters is 2. The standard InChI is InChI=1S/C19H17NO6/c1-12(21)13-6-5-7-14(10-13)20-17(22)11-26-19(24)16-9-4-3-8-15(16)18(23)25-2/h3-10H,11H2,1-2H3,(H,20,22). The summed E-state index contributed by atoms with van der Waals surface area (Å²) in [6.45, 7) is 0.875. The second kappa shape index (κ2) is 8.57. The van der Waals surface area contributed by atoms with E-state index in [1.165, 1.54) is 32.2 Å². The molecule has 0 aromatic heterocycles. The van der Waals surface area contributed by atoms with Crippen LogP contribution in [0.4, 0.5) is 5.69 Å². The number of hydrogen-bond acceptors (Lipinski definition) is 6. The van der Waals surface area contributed by atoms with Gasteiger partial charge in [0.2, 0.25) is 0 Å². The molecule has 0 spiro atoms. The molecular weight excluding hydrogens is 338 g/mol. The number of carbonyl (C=O) groups excluding carboxylic acids is 4. The molecule has 0 unspecified atom stereocenters. The fourth-order valence-electron chi connectivity index (χ4n) is 2.17. The van der Waals surface area contributed by atoms with Crippen LogP contribution in [0, 0.1) is 0 Å². The maximum Gasteiger partial charge on any atom is 0.339 e. The van der Waals surface area contributed by atoms with E-state index in [2.05, 4.69) is 10.1 Å². The van der Waals surface area contributed by atoms with Gasteiger partial charge in [0.1, 0.15) is 0 Å². The minimum absolute atomic E-state index is 0.00530. The van der Waals surface area contributed by atoms with E-state index in [-0.39, 0.29) is 16.9 Å². The Morgan fingerprint density at radius 2 is 1.58 bits per heavy atom. The van der Waals surface area contributed by atoms with Crippen molar-refractivity contribution < 1.29 is 28.7 Å². The van der Waals surface area contributed by atoms with Gasteiger partial charge in [-0.2, -0.15) is 0 Å². The van der Waals surface area contributed by atoms with Crippen LogP contribution in [0.1, 0.15) is 38.0 Å². The van der Waals surface area contributed by atoms with E-state index in [0.29, 0.717) is 11.3 Å². The topological polar surface area (TPSA) is 98.8 Å². The van der Waals surface area contributed by atoms with Crippen LogP contribution in [0.2, 0.25) is 0 Å². The lowest BCUT2D eigenvalue weighted by Gasteiger charge is -2.09. The summed E-state index contributed by atoms with van der Waals surface area (Å²) in [4.78, 5) is 47.1. The highest BCUT2D eigenvalue weighted by atomic mass is 16.5. The lowest BCUT2D eigenvalue weighted by Crippen LogP contribution is -2.22. The first-order valence-corrected chi connectivity index (χ1v) is 7.67. The molecule has 134 valence electrons. The zero-order chi connectivity index (χ0) is 19.1. The monoisotopic (exact) mass is 355 g/mol. The quantitative estimate of drug-likeness (QED) is 0.631. The van der Waals surface area contributed by atoms with Crippen LogP contribution in [0.5, 0.6) is 0 Å². The van der Waals surface area contributed by atoms with Gasteiger partial charge in [-0.05, 0) is 31.2 Å². The first kappa shape index (κ1) is 18.9. The molecule has 0 aliphatic carbocycles. The van der Waals surface area contributed by atoms with E-state index >= 15 is 0 Å². The molecule has 1 N–H and O–H groups in total. The molecule has 7 heteroatoms. The Bertz CT molecular complexity index is 859. The summed E-state index contributed by atoms with van der Waals surface area (Å²) in [7, 11) is 1.20. The Hall–Kier alpha value is -3.48. The molecule has 2 aromatic rings. The number of Topliss-reactive ketones (excluding diaryl/α,β-unsaturated/α-hetero) is 1. The third-order valence-corrected chi connectivity index (χ3v) is 3.44. The minimum Gasteiger partial charge on any atom is -0.465 e. The summed E-state index contributed by atoms with van der Waals surface area (Å²) in [5.41, 5.74) is 0.917. The van der Waals surface area contributed by atoms with Crippen molar-refractivity contribution in [2.45, 2.75) is 6.92 Å². The average Bonchev–Trinajstić information content (AvgIpc) is 2.65. The zero-order valence-electron chi connectivity index (χ0n) is 14.3. The van der Waals surface area contributed by atoms with Gasteiger partial charge in [-0.25, -0.2) is 9.59 Å². The molecule has 1 amide bonds. The molecule has 0 bridgehead atoms. The van der Waals surface area contributed by atoms with Gasteiger partial charge < -0.3 is 14.8 Å². The molecule has 0 atom stereocenters. The first-order chi connectivity index (χ1) is 12.4. The summed E-state index contributed by atoms with van der Waals surface area (Å²) < 4.78 is 9.56. The number of anilines is 1. The lowest BCUT2D eigenvalue weighted by molar-refractivity contribution is -0.119. The molecule has 0 saturated carbocycles. The fourth-order valence-corrected chi connectivity index (χ4v) is 2.17. The highest BCUT2D eigenvalue weighted by Gasteiger charge is 2.19. The smallest absolute Gasteiger partial charge is 0.339 e. The first-order valence-electron chi connectivity index (χ1n) is 7.67. The number of carbonyl (C=O) groups is 4. The van der Waals surface area contributed by atoms with Crippen LogP contribution in [0.3, 0.4) is 0 Å². The molecule has 0 fully saturated rings. The van der Waals surface area contributed by atoms with Crippen LogP contribution >= 0.6 is 0 Å². The molecule has 2 rings (SSSR count). The van der Waals surface area contributed by atoms with Crippen LogP contribution in [0.25, 0.3) is 0 Å². The third-order valence-electron chi connectivity index (χ3n) is 3.44. The van der Waals surface area contributed by atoms with Gasteiger partial charge in [0, 0.05) is 11.3 Å². The van der Waals surface area contributed by atoms with Crippen molar-refractivity contribution in [3.05, 3.63) is 65.2 Å². The van der Waals surface area contributed by atoms with Gasteiger partial charge in [0.25, 0.3) is 5.91 Å². The summed E-state index contributed by atoms with van der Waals surface area (Å²) in [5.74, 6) is -2.21. The number of ketones is 1. The van der Waals surface area contributed by atoms with Crippen LogP contribution in [0.15, 0.2) is 48.5 Å². The fraction of sp³-hybridized carbons (Fsp3) is 0.158. The number of benzene rings is 2. The maximum absolute atomic E-state index is 12.1. The minimum atomic E-state index is -0.821. The molecule has 0 radical (unpaired) electrons. The van der Waals surface area contributed by atoms with Crippen molar-refractivity contribution in [1.29, 1.82) is 0 Å². The molecule has 0 aliphatic heterocycles. The van der Waals surface area contributed by atoms with Gasteiger partial charge >= 0.3 is 11.9 Å². The van der Waals surface area contributed by atoms with Gasteiger partial charge in [0.05, 0.1) is 18.2 Å². The van der Waals surface area contributed by atoms with Crippen molar-refractivity contribution in [3.8, 4) is 0 Å². The van der Waals surface area contributed by atoms with E-state index in [1.807, 2.05) is 0 Å². The molecular formula is C19H17NO6. The molecule has 2 aromatic carbocycles. The van der Waals surface area contributed by atoms with Gasteiger partial charge in [-0.15, -0.1) is 0 Å². The number of amides is 1. The SMILES string of the molecule is COC(=O)c1ccccc1C(=O)OCC(=O)Nc1cccc(C(C)=O)c1. The molecule has 26 heavy (non-hydrogen) atoms. The van der Waals surface area contributed by atoms with Gasteiger partial charge in [-0.1, -0.05) is 24.3 Å². The second-order valence-electron chi connectivity index (χ2n) is 5.30. The number of ether oxygens (including phenoxy) is 2. The zero-order valence-corrected chi connectivity index (χ0v) is 14.3. The van der Waals surface area contributed by atoms with Crippen LogP contribution in [-0.2, 0) is 14.3 Å². The Morgan fingerprint density at radius 3 is 2.19 bits per heavy atom. The largest absolute Gasteiger partial charge is 0.465 e. The summed E-state index contributed by atoms with van der Waals surface area (Å²) in [6.07, 6.45) is 0. The van der Waals surface area contributed by atoms with Gasteiger partial charge in [-0.3, -0.25) is 9.59 Å². The second-order valence-corrected chi connectivity index (χ2v) is 5.30. The van der Waals surface area contributed by atoms with E-state index in [1.54, 1.807) is 30.3 Å². The summed E-state index contributed by atoms with van der Waals surface area (Å²) in [6, 6.07) is 12.4. The van der Waals surface area contributed by atoms with Crippen molar-refractivity contribution >= 4 is 29.3 Å².